The van der Waals surface area contributed by atoms with Gasteiger partial charge in [-0.05, 0) is 48.5 Å². The molecule has 0 aliphatic heterocycles. The second kappa shape index (κ2) is 9.78. The van der Waals surface area contributed by atoms with E-state index in [4.69, 9.17) is 16.7 Å². The third-order valence-electron chi connectivity index (χ3n) is 5.26. The van der Waals surface area contributed by atoms with Crippen LogP contribution in [0.25, 0.3) is 16.9 Å². The number of halogens is 4. The van der Waals surface area contributed by atoms with Crippen LogP contribution in [-0.2, 0) is 6.18 Å². The predicted molar refractivity (Wildman–Crippen MR) is 127 cm³/mol. The van der Waals surface area contributed by atoms with Gasteiger partial charge in [0.15, 0.2) is 5.69 Å². The van der Waals surface area contributed by atoms with E-state index in [-0.39, 0.29) is 27.7 Å². The minimum atomic E-state index is -4.70. The molecule has 188 valence electrons. The number of aromatic carboxylic acids is 2. The highest BCUT2D eigenvalue weighted by Gasteiger charge is 2.35. The van der Waals surface area contributed by atoms with E-state index in [0.29, 0.717) is 5.56 Å². The number of anilines is 1. The summed E-state index contributed by atoms with van der Waals surface area (Å²) in [6, 6.07) is 16.0. The van der Waals surface area contributed by atoms with Crippen LogP contribution in [0.1, 0.15) is 36.8 Å². The minimum Gasteiger partial charge on any atom is -0.478 e. The van der Waals surface area contributed by atoms with Gasteiger partial charge in [-0.1, -0.05) is 35.9 Å². The molecule has 0 atom stereocenters. The molecule has 0 radical (unpaired) electrons. The molecule has 1 heterocycles. The number of carbonyl (C=O) groups is 3. The largest absolute Gasteiger partial charge is 0.478 e. The third kappa shape index (κ3) is 5.31. The van der Waals surface area contributed by atoms with Gasteiger partial charge in [-0.3, -0.25) is 4.79 Å². The Kier molecular flexibility index (Phi) is 6.73. The maximum Gasteiger partial charge on any atom is 0.435 e. The van der Waals surface area contributed by atoms with Crippen LogP contribution in [0.2, 0.25) is 5.02 Å². The monoisotopic (exact) mass is 529 g/mol. The summed E-state index contributed by atoms with van der Waals surface area (Å²) in [5.41, 5.74) is -1.27. The Morgan fingerprint density at radius 3 is 2.11 bits per heavy atom. The van der Waals surface area contributed by atoms with Crippen molar-refractivity contribution in [2.45, 2.75) is 6.18 Å². The summed E-state index contributed by atoms with van der Waals surface area (Å²) < 4.78 is 41.3. The highest BCUT2D eigenvalue weighted by atomic mass is 35.5. The first-order chi connectivity index (χ1) is 17.5. The van der Waals surface area contributed by atoms with Gasteiger partial charge in [-0.2, -0.15) is 18.3 Å². The van der Waals surface area contributed by atoms with Crippen molar-refractivity contribution in [2.24, 2.45) is 0 Å². The van der Waals surface area contributed by atoms with Crippen molar-refractivity contribution in [1.82, 2.24) is 9.78 Å². The molecule has 3 aromatic carbocycles. The topological polar surface area (TPSA) is 122 Å². The van der Waals surface area contributed by atoms with E-state index in [1.165, 1.54) is 42.5 Å². The molecule has 0 bridgehead atoms. The van der Waals surface area contributed by atoms with Crippen LogP contribution in [0.4, 0.5) is 18.9 Å². The maximum absolute atomic E-state index is 13.4. The number of carboxylic acids is 2. The molecule has 37 heavy (non-hydrogen) atoms. The summed E-state index contributed by atoms with van der Waals surface area (Å²) in [4.78, 5) is 35.2. The Balaban J connectivity index is 1.65. The van der Waals surface area contributed by atoms with Crippen LogP contribution in [0, 0.1) is 0 Å². The molecule has 0 unspecified atom stereocenters. The van der Waals surface area contributed by atoms with Gasteiger partial charge in [-0.15, -0.1) is 0 Å². The standard InChI is InChI=1S/C25H15ClF3N3O5/c26-18-3-1-2-4-19(18)32-20(12-21(31-32)25(27,28)29)13-5-7-14(8-6-13)22(33)30-15-9-10-16(23(34)35)17(11-15)24(36)37/h1-12H,(H,30,33)(H,34,35)(H,36,37). The SMILES string of the molecule is O=C(Nc1ccc(C(=O)O)c(C(=O)O)c1)c1ccc(-c2cc(C(F)(F)F)nn2-c2ccccc2Cl)cc1. The molecule has 0 saturated heterocycles. The molecule has 1 aromatic heterocycles. The van der Waals surface area contributed by atoms with E-state index in [2.05, 4.69) is 10.4 Å². The van der Waals surface area contributed by atoms with E-state index in [1.54, 1.807) is 12.1 Å². The molecule has 0 saturated carbocycles. The number of hydrogen-bond acceptors (Lipinski definition) is 4. The van der Waals surface area contributed by atoms with Crippen molar-refractivity contribution in [3.63, 3.8) is 0 Å². The van der Waals surface area contributed by atoms with Crippen LogP contribution < -0.4 is 5.32 Å². The van der Waals surface area contributed by atoms with Gasteiger partial charge in [0.25, 0.3) is 5.91 Å². The molecule has 0 fully saturated rings. The first-order valence-corrected chi connectivity index (χ1v) is 10.8. The predicted octanol–water partition coefficient (Wildman–Crippen LogP) is 5.86. The van der Waals surface area contributed by atoms with E-state index < -0.39 is 40.8 Å². The van der Waals surface area contributed by atoms with Gasteiger partial charge in [0.1, 0.15) is 0 Å². The summed E-state index contributed by atoms with van der Waals surface area (Å²) in [5.74, 6) is -3.57. The van der Waals surface area contributed by atoms with Gasteiger partial charge < -0.3 is 15.5 Å². The number of rotatable bonds is 6. The van der Waals surface area contributed by atoms with Crippen molar-refractivity contribution in [3.05, 3.63) is 100 Å². The Bertz CT molecular complexity index is 1530. The average molecular weight is 530 g/mol. The first-order valence-electron chi connectivity index (χ1n) is 10.4. The van der Waals surface area contributed by atoms with Gasteiger partial charge in [-0.25, -0.2) is 14.3 Å². The van der Waals surface area contributed by atoms with Gasteiger partial charge in [0, 0.05) is 16.8 Å². The van der Waals surface area contributed by atoms with Crippen molar-refractivity contribution < 1.29 is 37.8 Å². The fourth-order valence-corrected chi connectivity index (χ4v) is 3.73. The normalized spacial score (nSPS) is 11.2. The van der Waals surface area contributed by atoms with Crippen molar-refractivity contribution in [3.8, 4) is 16.9 Å². The second-order valence-corrected chi connectivity index (χ2v) is 8.09. The lowest BCUT2D eigenvalue weighted by molar-refractivity contribution is -0.141. The number of hydrogen-bond donors (Lipinski definition) is 3. The molecular formula is C25H15ClF3N3O5. The van der Waals surface area contributed by atoms with Crippen molar-refractivity contribution >= 4 is 35.1 Å². The summed E-state index contributed by atoms with van der Waals surface area (Å²) >= 11 is 6.18. The van der Waals surface area contributed by atoms with Crippen molar-refractivity contribution in [1.29, 1.82) is 0 Å². The molecule has 3 N–H and O–H groups in total. The summed E-state index contributed by atoms with van der Waals surface area (Å²) in [6.45, 7) is 0. The molecule has 4 rings (SSSR count). The van der Waals surface area contributed by atoms with Crippen LogP contribution in [0.5, 0.6) is 0 Å². The van der Waals surface area contributed by atoms with Crippen LogP contribution >= 0.6 is 11.6 Å². The van der Waals surface area contributed by atoms with Gasteiger partial charge in [0.05, 0.1) is 27.5 Å². The Labute approximate surface area is 211 Å². The van der Waals surface area contributed by atoms with Crippen LogP contribution in [0.15, 0.2) is 72.8 Å². The number of nitrogens with one attached hydrogen (secondary N) is 1. The maximum atomic E-state index is 13.4. The van der Waals surface area contributed by atoms with Crippen molar-refractivity contribution in [2.75, 3.05) is 5.32 Å². The molecule has 0 spiro atoms. The summed E-state index contributed by atoms with van der Waals surface area (Å²) in [5, 5.41) is 24.7. The quantitative estimate of drug-likeness (QED) is 0.287. The molecular weight excluding hydrogens is 515 g/mol. The molecule has 8 nitrogen and oxygen atoms in total. The zero-order valence-corrected chi connectivity index (χ0v) is 19.2. The number of alkyl halides is 3. The number of benzene rings is 3. The smallest absolute Gasteiger partial charge is 0.435 e. The fourth-order valence-electron chi connectivity index (χ4n) is 3.51. The van der Waals surface area contributed by atoms with Crippen LogP contribution in [-0.4, -0.2) is 37.8 Å². The second-order valence-electron chi connectivity index (χ2n) is 7.68. The molecule has 0 aliphatic carbocycles. The molecule has 1 amide bonds. The Morgan fingerprint density at radius 2 is 1.51 bits per heavy atom. The number of amides is 1. The average Bonchev–Trinajstić information content (AvgIpc) is 3.30. The van der Waals surface area contributed by atoms with E-state index in [0.717, 1.165) is 22.9 Å². The number of para-hydroxylation sites is 1. The lowest BCUT2D eigenvalue weighted by Crippen LogP contribution is -2.14. The first kappa shape index (κ1) is 25.5. The highest BCUT2D eigenvalue weighted by Crippen LogP contribution is 2.34. The van der Waals surface area contributed by atoms with Crippen LogP contribution in [0.3, 0.4) is 0 Å². The zero-order chi connectivity index (χ0) is 26.9. The lowest BCUT2D eigenvalue weighted by Gasteiger charge is -2.11. The fraction of sp³-hybridized carbons (Fsp3) is 0.0400. The number of carboxylic acid groups (broad SMARTS) is 2. The molecule has 12 heteroatoms. The highest BCUT2D eigenvalue weighted by molar-refractivity contribution is 6.32. The molecule has 0 aliphatic rings. The van der Waals surface area contributed by atoms with E-state index in [9.17, 15) is 32.7 Å². The summed E-state index contributed by atoms with van der Waals surface area (Å²) in [6.07, 6.45) is -4.70. The lowest BCUT2D eigenvalue weighted by atomic mass is 10.1. The number of carbonyl (C=O) groups excluding carboxylic acids is 1. The minimum absolute atomic E-state index is 0.0445. The third-order valence-corrected chi connectivity index (χ3v) is 5.58. The Hall–Kier alpha value is -4.64. The van der Waals surface area contributed by atoms with Gasteiger partial charge >= 0.3 is 18.1 Å². The molecule has 4 aromatic rings. The number of nitrogens with zero attached hydrogens (tertiary/aromatic N) is 2. The number of aromatic nitrogens is 2. The zero-order valence-electron chi connectivity index (χ0n) is 18.5. The Morgan fingerprint density at radius 1 is 0.865 bits per heavy atom. The van der Waals surface area contributed by atoms with Gasteiger partial charge in [0.2, 0.25) is 0 Å². The van der Waals surface area contributed by atoms with E-state index >= 15 is 0 Å². The summed E-state index contributed by atoms with van der Waals surface area (Å²) in [7, 11) is 0. The van der Waals surface area contributed by atoms with E-state index in [1.807, 2.05) is 0 Å².